The summed E-state index contributed by atoms with van der Waals surface area (Å²) >= 11 is 1.45. The van der Waals surface area contributed by atoms with Gasteiger partial charge in [0.15, 0.2) is 0 Å². The maximum Gasteiger partial charge on any atom is 0.230 e. The van der Waals surface area contributed by atoms with Crippen LogP contribution in [0.1, 0.15) is 5.56 Å². The smallest absolute Gasteiger partial charge is 0.230 e. The summed E-state index contributed by atoms with van der Waals surface area (Å²) in [5.74, 6) is 1.22. The highest BCUT2D eigenvalue weighted by Gasteiger charge is 2.06. The largest absolute Gasteiger partial charge is 0.496 e. The summed E-state index contributed by atoms with van der Waals surface area (Å²) in [4.78, 5) is 16.6. The highest BCUT2D eigenvalue weighted by Crippen LogP contribution is 2.20. The molecule has 25 heavy (non-hydrogen) atoms. The maximum absolute atomic E-state index is 12.0. The van der Waals surface area contributed by atoms with Crippen LogP contribution in [0.2, 0.25) is 0 Å². The zero-order valence-electron chi connectivity index (χ0n) is 14.1. The predicted molar refractivity (Wildman–Crippen MR) is 102 cm³/mol. The number of nitrogens with one attached hydrogen (secondary N) is 1. The zero-order chi connectivity index (χ0) is 17.5. The van der Waals surface area contributed by atoms with E-state index in [1.807, 2.05) is 60.7 Å². The lowest BCUT2D eigenvalue weighted by Gasteiger charge is -2.09. The van der Waals surface area contributed by atoms with E-state index in [-0.39, 0.29) is 5.91 Å². The maximum atomic E-state index is 12.0. The molecule has 3 aromatic rings. The second-order valence-corrected chi connectivity index (χ2v) is 6.54. The van der Waals surface area contributed by atoms with Gasteiger partial charge in [-0.05, 0) is 30.2 Å². The first kappa shape index (κ1) is 17.3. The summed E-state index contributed by atoms with van der Waals surface area (Å²) in [5.41, 5.74) is 2.04. The molecule has 1 N–H and O–H groups in total. The Morgan fingerprint density at radius 3 is 2.76 bits per heavy atom. The molecule has 0 saturated carbocycles. The van der Waals surface area contributed by atoms with Crippen molar-refractivity contribution in [2.75, 3.05) is 19.4 Å². The van der Waals surface area contributed by atoms with Gasteiger partial charge >= 0.3 is 0 Å². The first-order valence-electron chi connectivity index (χ1n) is 8.13. The lowest BCUT2D eigenvalue weighted by atomic mass is 10.1. The number of aromatic nitrogens is 1. The lowest BCUT2D eigenvalue weighted by Crippen LogP contribution is -2.27. The third-order valence-corrected chi connectivity index (χ3v) is 4.76. The molecule has 2 aromatic carbocycles. The molecule has 0 spiro atoms. The number of thioether (sulfide) groups is 1. The fourth-order valence-electron chi connectivity index (χ4n) is 2.56. The van der Waals surface area contributed by atoms with Gasteiger partial charge in [-0.1, -0.05) is 54.2 Å². The Balaban J connectivity index is 1.47. The average molecular weight is 352 g/mol. The highest BCUT2D eigenvalue weighted by molar-refractivity contribution is 7.99. The molecule has 1 aromatic heterocycles. The summed E-state index contributed by atoms with van der Waals surface area (Å²) in [5, 5.41) is 4.91. The summed E-state index contributed by atoms with van der Waals surface area (Å²) < 4.78 is 5.32. The van der Waals surface area contributed by atoms with E-state index in [1.54, 1.807) is 7.11 Å². The van der Waals surface area contributed by atoms with Crippen LogP contribution in [0.5, 0.6) is 5.75 Å². The normalized spacial score (nSPS) is 10.6. The molecule has 0 saturated heterocycles. The van der Waals surface area contributed by atoms with Crippen molar-refractivity contribution < 1.29 is 9.53 Å². The van der Waals surface area contributed by atoms with Crippen LogP contribution in [-0.2, 0) is 11.2 Å². The minimum absolute atomic E-state index is 0.00913. The Kier molecular flexibility index (Phi) is 5.90. The van der Waals surface area contributed by atoms with Crippen molar-refractivity contribution >= 4 is 28.6 Å². The van der Waals surface area contributed by atoms with Gasteiger partial charge < -0.3 is 10.1 Å². The molecular weight excluding hydrogens is 332 g/mol. The van der Waals surface area contributed by atoms with Crippen molar-refractivity contribution in [1.82, 2.24) is 10.3 Å². The van der Waals surface area contributed by atoms with E-state index in [0.29, 0.717) is 12.3 Å². The Bertz CT molecular complexity index is 867. The van der Waals surface area contributed by atoms with E-state index in [1.165, 1.54) is 11.8 Å². The van der Waals surface area contributed by atoms with E-state index >= 15 is 0 Å². The van der Waals surface area contributed by atoms with Crippen LogP contribution in [0.4, 0.5) is 0 Å². The molecule has 0 aliphatic rings. The molecule has 0 radical (unpaired) electrons. The number of fused-ring (bicyclic) bond motifs is 1. The van der Waals surface area contributed by atoms with Crippen molar-refractivity contribution in [2.45, 2.75) is 11.4 Å². The summed E-state index contributed by atoms with van der Waals surface area (Å²) in [6, 6.07) is 19.8. The van der Waals surface area contributed by atoms with Gasteiger partial charge in [0.2, 0.25) is 5.91 Å². The van der Waals surface area contributed by atoms with Gasteiger partial charge in [-0.25, -0.2) is 4.98 Å². The molecule has 0 unspecified atom stereocenters. The molecule has 0 atom stereocenters. The van der Waals surface area contributed by atoms with Crippen LogP contribution in [0.25, 0.3) is 10.9 Å². The summed E-state index contributed by atoms with van der Waals surface area (Å²) in [7, 11) is 1.66. The van der Waals surface area contributed by atoms with Crippen molar-refractivity contribution in [3.63, 3.8) is 0 Å². The molecule has 128 valence electrons. The van der Waals surface area contributed by atoms with Crippen LogP contribution in [0.15, 0.2) is 65.7 Å². The molecule has 0 fully saturated rings. The molecular formula is C20H20N2O2S. The van der Waals surface area contributed by atoms with Crippen molar-refractivity contribution in [1.29, 1.82) is 0 Å². The average Bonchev–Trinajstić information content (AvgIpc) is 2.66. The lowest BCUT2D eigenvalue weighted by molar-refractivity contribution is -0.118. The van der Waals surface area contributed by atoms with Crippen LogP contribution in [0.3, 0.4) is 0 Å². The number of benzene rings is 2. The predicted octanol–water partition coefficient (Wildman–Crippen LogP) is 3.69. The number of methoxy groups -OCH3 is 1. The number of ether oxygens (including phenoxy) is 1. The Morgan fingerprint density at radius 2 is 1.88 bits per heavy atom. The fourth-order valence-corrected chi connectivity index (χ4v) is 3.27. The number of carbonyl (C=O) groups excluding carboxylic acids is 1. The van der Waals surface area contributed by atoms with E-state index < -0.39 is 0 Å². The number of pyridine rings is 1. The molecule has 0 aliphatic carbocycles. The molecule has 1 amide bonds. The van der Waals surface area contributed by atoms with Crippen LogP contribution in [0, 0.1) is 0 Å². The second kappa shape index (κ2) is 8.53. The number of para-hydroxylation sites is 2. The van der Waals surface area contributed by atoms with Gasteiger partial charge in [-0.3, -0.25) is 4.79 Å². The zero-order valence-corrected chi connectivity index (χ0v) is 14.9. The monoisotopic (exact) mass is 352 g/mol. The third kappa shape index (κ3) is 4.73. The van der Waals surface area contributed by atoms with Crippen molar-refractivity contribution in [2.24, 2.45) is 0 Å². The Hall–Kier alpha value is -2.53. The van der Waals surface area contributed by atoms with E-state index in [4.69, 9.17) is 4.74 Å². The number of amides is 1. The van der Waals surface area contributed by atoms with Gasteiger partial charge in [-0.2, -0.15) is 0 Å². The Labute approximate surface area is 151 Å². The number of rotatable bonds is 7. The molecule has 1 heterocycles. The summed E-state index contributed by atoms with van der Waals surface area (Å²) in [6.07, 6.45) is 0.745. The minimum Gasteiger partial charge on any atom is -0.496 e. The first-order valence-corrected chi connectivity index (χ1v) is 9.12. The van der Waals surface area contributed by atoms with Gasteiger partial charge in [0.1, 0.15) is 5.75 Å². The van der Waals surface area contributed by atoms with Crippen LogP contribution >= 0.6 is 11.8 Å². The molecule has 4 nitrogen and oxygen atoms in total. The number of hydrogen-bond donors (Lipinski definition) is 1. The molecule has 3 rings (SSSR count). The van der Waals surface area contributed by atoms with Gasteiger partial charge in [0, 0.05) is 11.9 Å². The quantitative estimate of drug-likeness (QED) is 0.659. The van der Waals surface area contributed by atoms with Gasteiger partial charge in [0.05, 0.1) is 23.4 Å². The van der Waals surface area contributed by atoms with Crippen LogP contribution in [-0.4, -0.2) is 30.3 Å². The Morgan fingerprint density at radius 1 is 1.08 bits per heavy atom. The fraction of sp³-hybridized carbons (Fsp3) is 0.200. The molecule has 5 heteroatoms. The van der Waals surface area contributed by atoms with Gasteiger partial charge in [0.25, 0.3) is 0 Å². The van der Waals surface area contributed by atoms with Crippen molar-refractivity contribution in [3.8, 4) is 5.75 Å². The van der Waals surface area contributed by atoms with Gasteiger partial charge in [-0.15, -0.1) is 0 Å². The van der Waals surface area contributed by atoms with E-state index in [2.05, 4.69) is 10.3 Å². The summed E-state index contributed by atoms with van der Waals surface area (Å²) in [6.45, 7) is 0.588. The number of hydrogen-bond acceptors (Lipinski definition) is 4. The topological polar surface area (TPSA) is 51.2 Å². The number of carbonyl (C=O) groups is 1. The molecule has 0 aliphatic heterocycles. The minimum atomic E-state index is 0.00913. The highest BCUT2D eigenvalue weighted by atomic mass is 32.2. The van der Waals surface area contributed by atoms with E-state index in [0.717, 1.165) is 33.7 Å². The standard InChI is InChI=1S/C20H20N2O2S/c1-24-18-9-5-3-7-16(18)12-13-21-19(23)14-25-20-11-10-15-6-2-4-8-17(15)22-20/h2-11H,12-14H2,1H3,(H,21,23). The molecule has 0 bridgehead atoms. The SMILES string of the molecule is COc1ccccc1CCNC(=O)CSc1ccc2ccccc2n1. The first-order chi connectivity index (χ1) is 12.3. The second-order valence-electron chi connectivity index (χ2n) is 5.54. The third-order valence-electron chi connectivity index (χ3n) is 3.83. The van der Waals surface area contributed by atoms with Crippen molar-refractivity contribution in [3.05, 3.63) is 66.2 Å². The van der Waals surface area contributed by atoms with Crippen LogP contribution < -0.4 is 10.1 Å². The number of nitrogens with zero attached hydrogens (tertiary/aromatic N) is 1. The van der Waals surface area contributed by atoms with E-state index in [9.17, 15) is 4.79 Å².